The summed E-state index contributed by atoms with van der Waals surface area (Å²) >= 11 is 0. The average Bonchev–Trinajstić information content (AvgIpc) is 2.91. The summed E-state index contributed by atoms with van der Waals surface area (Å²) in [6.07, 6.45) is 1.06. The molecule has 0 saturated heterocycles. The molecule has 0 aliphatic carbocycles. The zero-order chi connectivity index (χ0) is 14.7. The Morgan fingerprint density at radius 3 is 2.90 bits per heavy atom. The number of nitrogens with zero attached hydrogens (tertiary/aromatic N) is 2. The van der Waals surface area contributed by atoms with Crippen molar-refractivity contribution in [3.8, 4) is 11.4 Å². The van der Waals surface area contributed by atoms with Gasteiger partial charge >= 0.3 is 6.09 Å². The normalized spacial score (nSPS) is 10.5. The Kier molecular flexibility index (Phi) is 3.51. The second-order valence-corrected chi connectivity index (χ2v) is 4.39. The number of H-pyrrole nitrogens is 1. The molecule has 2 N–H and O–H groups in total. The molecule has 21 heavy (non-hydrogen) atoms. The number of ether oxygens (including phenoxy) is 1. The van der Waals surface area contributed by atoms with Crippen LogP contribution in [0.3, 0.4) is 0 Å². The van der Waals surface area contributed by atoms with Crippen molar-refractivity contribution in [3.63, 3.8) is 0 Å². The van der Waals surface area contributed by atoms with Gasteiger partial charge in [0.2, 0.25) is 0 Å². The summed E-state index contributed by atoms with van der Waals surface area (Å²) < 4.78 is 4.83. The fourth-order valence-corrected chi connectivity index (χ4v) is 1.98. The standard InChI is InChI=1S/C15H14N4O2/c1-2-21-15(20)17-11-8-12-14(16-9-11)19-13(18-12)10-6-4-3-5-7-10/h3-9H,2H2,1H3,(H,17,20)(H,16,18,19). The van der Waals surface area contributed by atoms with Gasteiger partial charge in [-0.25, -0.2) is 14.8 Å². The minimum Gasteiger partial charge on any atom is -0.450 e. The Labute approximate surface area is 121 Å². The zero-order valence-corrected chi connectivity index (χ0v) is 11.5. The van der Waals surface area contributed by atoms with Crippen LogP contribution in [0.1, 0.15) is 6.92 Å². The van der Waals surface area contributed by atoms with Crippen molar-refractivity contribution < 1.29 is 9.53 Å². The molecule has 3 aromatic rings. The molecule has 0 unspecified atom stereocenters. The van der Waals surface area contributed by atoms with Crippen LogP contribution in [0.4, 0.5) is 10.5 Å². The molecule has 6 nitrogen and oxygen atoms in total. The lowest BCUT2D eigenvalue weighted by Gasteiger charge is -2.03. The van der Waals surface area contributed by atoms with Gasteiger partial charge in [0, 0.05) is 5.56 Å². The molecule has 0 spiro atoms. The van der Waals surface area contributed by atoms with Crippen molar-refractivity contribution in [1.82, 2.24) is 15.0 Å². The number of anilines is 1. The molecular weight excluding hydrogens is 268 g/mol. The number of benzene rings is 1. The smallest absolute Gasteiger partial charge is 0.411 e. The van der Waals surface area contributed by atoms with E-state index in [1.165, 1.54) is 0 Å². The van der Waals surface area contributed by atoms with Gasteiger partial charge in [0.1, 0.15) is 11.3 Å². The van der Waals surface area contributed by atoms with Gasteiger partial charge in [-0.3, -0.25) is 5.32 Å². The van der Waals surface area contributed by atoms with Crippen LogP contribution in [0.5, 0.6) is 0 Å². The molecule has 0 aliphatic heterocycles. The Morgan fingerprint density at radius 2 is 2.14 bits per heavy atom. The first-order chi connectivity index (χ1) is 10.3. The van der Waals surface area contributed by atoms with Crippen LogP contribution in [0.25, 0.3) is 22.6 Å². The second-order valence-electron chi connectivity index (χ2n) is 4.39. The van der Waals surface area contributed by atoms with Crippen LogP contribution in [-0.2, 0) is 4.74 Å². The van der Waals surface area contributed by atoms with Gasteiger partial charge in [0.15, 0.2) is 5.65 Å². The van der Waals surface area contributed by atoms with Gasteiger partial charge in [0.25, 0.3) is 0 Å². The monoisotopic (exact) mass is 282 g/mol. The number of rotatable bonds is 3. The SMILES string of the molecule is CCOC(=O)Nc1cnc2[nH]c(-c3ccccc3)nc2c1. The maximum Gasteiger partial charge on any atom is 0.411 e. The second kappa shape index (κ2) is 5.62. The summed E-state index contributed by atoms with van der Waals surface area (Å²) in [7, 11) is 0. The summed E-state index contributed by atoms with van der Waals surface area (Å²) in [6.45, 7) is 2.07. The van der Waals surface area contributed by atoms with E-state index in [9.17, 15) is 4.79 Å². The van der Waals surface area contributed by atoms with Gasteiger partial charge in [-0.2, -0.15) is 0 Å². The lowest BCUT2D eigenvalue weighted by Crippen LogP contribution is -2.13. The van der Waals surface area contributed by atoms with E-state index in [-0.39, 0.29) is 0 Å². The highest BCUT2D eigenvalue weighted by molar-refractivity contribution is 5.87. The van der Waals surface area contributed by atoms with E-state index in [2.05, 4.69) is 20.3 Å². The minimum absolute atomic E-state index is 0.321. The van der Waals surface area contributed by atoms with E-state index < -0.39 is 6.09 Å². The third kappa shape index (κ3) is 2.84. The molecule has 1 aromatic carbocycles. The first-order valence-electron chi connectivity index (χ1n) is 6.61. The number of nitrogens with one attached hydrogen (secondary N) is 2. The lowest BCUT2D eigenvalue weighted by atomic mass is 10.2. The van der Waals surface area contributed by atoms with Gasteiger partial charge in [0.05, 0.1) is 18.5 Å². The highest BCUT2D eigenvalue weighted by Crippen LogP contribution is 2.20. The fraction of sp³-hybridized carbons (Fsp3) is 0.133. The molecule has 2 heterocycles. The maximum absolute atomic E-state index is 11.4. The van der Waals surface area contributed by atoms with Crippen LogP contribution < -0.4 is 5.32 Å². The predicted molar refractivity (Wildman–Crippen MR) is 80.0 cm³/mol. The third-order valence-electron chi connectivity index (χ3n) is 2.91. The quantitative estimate of drug-likeness (QED) is 0.773. The van der Waals surface area contributed by atoms with Gasteiger partial charge in [-0.1, -0.05) is 30.3 Å². The Hall–Kier alpha value is -2.89. The van der Waals surface area contributed by atoms with Gasteiger partial charge in [-0.15, -0.1) is 0 Å². The van der Waals surface area contributed by atoms with Gasteiger partial charge < -0.3 is 9.72 Å². The number of aromatic nitrogens is 3. The van der Waals surface area contributed by atoms with Crippen LogP contribution in [0.15, 0.2) is 42.6 Å². The van der Waals surface area contributed by atoms with Crippen LogP contribution in [0, 0.1) is 0 Å². The molecule has 0 radical (unpaired) electrons. The van der Waals surface area contributed by atoms with Crippen molar-refractivity contribution in [2.24, 2.45) is 0 Å². The number of hydrogen-bond acceptors (Lipinski definition) is 4. The molecule has 2 aromatic heterocycles. The molecule has 0 aliphatic rings. The van der Waals surface area contributed by atoms with Gasteiger partial charge in [-0.05, 0) is 13.0 Å². The molecule has 0 saturated carbocycles. The van der Waals surface area contributed by atoms with Crippen LogP contribution >= 0.6 is 0 Å². The van der Waals surface area contributed by atoms with Crippen molar-refractivity contribution in [1.29, 1.82) is 0 Å². The van der Waals surface area contributed by atoms with Crippen molar-refractivity contribution in [3.05, 3.63) is 42.6 Å². The predicted octanol–water partition coefficient (Wildman–Crippen LogP) is 3.19. The van der Waals surface area contributed by atoms with E-state index in [1.54, 1.807) is 19.2 Å². The van der Waals surface area contributed by atoms with Crippen LogP contribution in [-0.4, -0.2) is 27.7 Å². The van der Waals surface area contributed by atoms with E-state index in [4.69, 9.17) is 4.74 Å². The van der Waals surface area contributed by atoms with Crippen molar-refractivity contribution in [2.75, 3.05) is 11.9 Å². The topological polar surface area (TPSA) is 79.9 Å². The summed E-state index contributed by atoms with van der Waals surface area (Å²) in [5, 5.41) is 2.61. The average molecular weight is 282 g/mol. The number of imidazole rings is 1. The number of pyridine rings is 1. The van der Waals surface area contributed by atoms with E-state index >= 15 is 0 Å². The molecule has 0 fully saturated rings. The fourth-order valence-electron chi connectivity index (χ4n) is 1.98. The summed E-state index contributed by atoms with van der Waals surface area (Å²) in [6, 6.07) is 11.5. The van der Waals surface area contributed by atoms with E-state index in [0.717, 1.165) is 11.4 Å². The Bertz CT molecular complexity index is 768. The van der Waals surface area contributed by atoms with Crippen molar-refractivity contribution >= 4 is 22.9 Å². The first kappa shape index (κ1) is 13.1. The summed E-state index contributed by atoms with van der Waals surface area (Å²) in [5.41, 5.74) is 2.88. The Balaban J connectivity index is 1.90. The third-order valence-corrected chi connectivity index (χ3v) is 2.91. The highest BCUT2D eigenvalue weighted by Gasteiger charge is 2.08. The molecule has 106 valence electrons. The number of carbonyl (C=O) groups excluding carboxylic acids is 1. The largest absolute Gasteiger partial charge is 0.450 e. The first-order valence-corrected chi connectivity index (χ1v) is 6.61. The number of carbonyl (C=O) groups is 1. The highest BCUT2D eigenvalue weighted by atomic mass is 16.5. The zero-order valence-electron chi connectivity index (χ0n) is 11.5. The van der Waals surface area contributed by atoms with Crippen LogP contribution in [0.2, 0.25) is 0 Å². The summed E-state index contributed by atoms with van der Waals surface area (Å²) in [5.74, 6) is 0.742. The summed E-state index contributed by atoms with van der Waals surface area (Å²) in [4.78, 5) is 23.3. The lowest BCUT2D eigenvalue weighted by molar-refractivity contribution is 0.168. The minimum atomic E-state index is -0.502. The van der Waals surface area contributed by atoms with Crippen molar-refractivity contribution in [2.45, 2.75) is 6.92 Å². The number of aromatic amines is 1. The number of hydrogen-bond donors (Lipinski definition) is 2. The van der Waals surface area contributed by atoms with E-state index in [0.29, 0.717) is 23.5 Å². The molecule has 6 heteroatoms. The van der Waals surface area contributed by atoms with E-state index in [1.807, 2.05) is 30.3 Å². The number of amides is 1. The number of fused-ring (bicyclic) bond motifs is 1. The molecule has 3 rings (SSSR count). The Morgan fingerprint density at radius 1 is 1.33 bits per heavy atom. The molecular formula is C15H14N4O2. The molecule has 0 bridgehead atoms. The molecule has 0 atom stereocenters. The maximum atomic E-state index is 11.4. The molecule has 1 amide bonds.